The molecule has 5 aliphatic rings. The molecule has 17 atom stereocenters. The highest BCUT2D eigenvalue weighted by Gasteiger charge is 2.61. The van der Waals surface area contributed by atoms with Crippen molar-refractivity contribution in [3.8, 4) is 0 Å². The molecule has 14 heteroatoms. The Morgan fingerprint density at radius 1 is 0.925 bits per heavy atom. The van der Waals surface area contributed by atoms with E-state index >= 15 is 0 Å². The molecular weight excluding hydrogens is 690 g/mol. The summed E-state index contributed by atoms with van der Waals surface area (Å²) in [5.74, 6) is -1.91. The first-order valence-electron chi connectivity index (χ1n) is 19.3. The number of quaternary nitrogens is 1. The van der Waals surface area contributed by atoms with Crippen molar-refractivity contribution >= 4 is 12.1 Å². The summed E-state index contributed by atoms with van der Waals surface area (Å²) in [6.45, 7) is 18.7. The highest BCUT2D eigenvalue weighted by molar-refractivity contribution is 5.73. The van der Waals surface area contributed by atoms with Crippen molar-refractivity contribution in [2.24, 2.45) is 17.8 Å². The molecular formula is C39H66NO13+. The smallest absolute Gasteiger partial charge is 0.488 e. The number of nitrogens with zero attached hydrogens (tertiary/aromatic N) is 1. The summed E-state index contributed by atoms with van der Waals surface area (Å²) < 4.78 is 57.6. The summed E-state index contributed by atoms with van der Waals surface area (Å²) in [5, 5.41) is 22.8. The van der Waals surface area contributed by atoms with E-state index in [1.165, 1.54) is 7.11 Å². The van der Waals surface area contributed by atoms with E-state index in [0.29, 0.717) is 29.5 Å². The molecule has 304 valence electrons. The molecule has 2 N–H and O–H groups in total. The number of hydrogen-bond donors (Lipinski definition) is 2. The number of methoxy groups -OCH3 is 1. The van der Waals surface area contributed by atoms with Gasteiger partial charge in [0.2, 0.25) is 0 Å². The first-order valence-corrected chi connectivity index (χ1v) is 19.3. The summed E-state index contributed by atoms with van der Waals surface area (Å²) in [7, 11) is 7.65. The van der Waals surface area contributed by atoms with Gasteiger partial charge in [-0.05, 0) is 60.5 Å². The highest BCUT2D eigenvalue weighted by atomic mass is 16.8. The summed E-state index contributed by atoms with van der Waals surface area (Å²) in [4.78, 5) is 27.2. The van der Waals surface area contributed by atoms with E-state index in [4.69, 9.17) is 42.6 Å². The zero-order valence-corrected chi connectivity index (χ0v) is 34.2. The molecule has 0 aromatic carbocycles. The largest absolute Gasteiger partial charge is 0.509 e. The number of cyclic esters (lactones) is 1. The molecule has 0 radical (unpaired) electrons. The summed E-state index contributed by atoms with van der Waals surface area (Å²) in [5.41, 5.74) is -2.42. The van der Waals surface area contributed by atoms with Crippen LogP contribution in [0.1, 0.15) is 94.9 Å². The second-order valence-electron chi connectivity index (χ2n) is 17.9. The van der Waals surface area contributed by atoms with Gasteiger partial charge in [-0.3, -0.25) is 4.79 Å². The van der Waals surface area contributed by atoms with Crippen LogP contribution in [0.25, 0.3) is 0 Å². The van der Waals surface area contributed by atoms with Crippen LogP contribution in [0.2, 0.25) is 0 Å². The Labute approximate surface area is 315 Å². The van der Waals surface area contributed by atoms with Crippen molar-refractivity contribution in [1.29, 1.82) is 0 Å². The maximum atomic E-state index is 14.4. The fourth-order valence-electron chi connectivity index (χ4n) is 9.60. The minimum absolute atomic E-state index is 0.180. The molecule has 17 unspecified atom stereocenters. The zero-order valence-electron chi connectivity index (χ0n) is 34.2. The van der Waals surface area contributed by atoms with Gasteiger partial charge in [0, 0.05) is 32.3 Å². The molecule has 0 amide bonds. The third-order valence-electron chi connectivity index (χ3n) is 12.7. The lowest BCUT2D eigenvalue weighted by atomic mass is 9.78. The summed E-state index contributed by atoms with van der Waals surface area (Å²) in [6, 6.07) is -0.182. The number of aliphatic hydroxyl groups is 2. The van der Waals surface area contributed by atoms with Crippen LogP contribution in [-0.4, -0.2) is 139 Å². The van der Waals surface area contributed by atoms with Gasteiger partial charge < -0.3 is 57.3 Å². The van der Waals surface area contributed by atoms with Crippen molar-refractivity contribution in [2.45, 2.75) is 179 Å². The average Bonchev–Trinajstić information content (AvgIpc) is 3.57. The van der Waals surface area contributed by atoms with Gasteiger partial charge in [0.1, 0.15) is 35.7 Å². The molecule has 5 aliphatic heterocycles. The monoisotopic (exact) mass is 756 g/mol. The topological polar surface area (TPSA) is 158 Å². The lowest BCUT2D eigenvalue weighted by Crippen LogP contribution is -2.63. The standard InChI is InChI=1S/C39H66NO13/c1-15-26-39(10)33(51-36(44)53-39)21(4)29-19(2)17-38(9,52-29)32(50-35-28(41)25(40(11,12)13)16-20(3)46-35)22(5)30(23(6)34(43)48-26)49-27-18-37(8,45-14)31(42)24(7)47-27/h20-28,30-33,35,41-42H,15-18H2,1-14H3/q+1. The van der Waals surface area contributed by atoms with Gasteiger partial charge in [-0.1, -0.05) is 20.8 Å². The van der Waals surface area contributed by atoms with Gasteiger partial charge >= 0.3 is 12.1 Å². The Morgan fingerprint density at radius 3 is 2.19 bits per heavy atom. The van der Waals surface area contributed by atoms with Gasteiger partial charge in [-0.15, -0.1) is 0 Å². The number of hydrogen-bond acceptors (Lipinski definition) is 13. The predicted octanol–water partition coefficient (Wildman–Crippen LogP) is 4.22. The van der Waals surface area contributed by atoms with Crippen LogP contribution in [0.3, 0.4) is 0 Å². The van der Waals surface area contributed by atoms with Crippen molar-refractivity contribution in [3.63, 3.8) is 0 Å². The van der Waals surface area contributed by atoms with E-state index in [0.717, 1.165) is 5.57 Å². The van der Waals surface area contributed by atoms with E-state index in [1.54, 1.807) is 27.7 Å². The van der Waals surface area contributed by atoms with E-state index in [1.807, 2.05) is 62.7 Å². The maximum Gasteiger partial charge on any atom is 0.509 e. The molecule has 0 spiro atoms. The van der Waals surface area contributed by atoms with Crippen molar-refractivity contribution in [2.75, 3.05) is 28.3 Å². The van der Waals surface area contributed by atoms with Crippen LogP contribution in [0.5, 0.6) is 0 Å². The zero-order chi connectivity index (χ0) is 39.6. The Kier molecular flexibility index (Phi) is 12.0. The van der Waals surface area contributed by atoms with Crippen molar-refractivity contribution in [1.82, 2.24) is 0 Å². The molecule has 4 fully saturated rings. The number of aliphatic hydroxyl groups excluding tert-OH is 2. The fraction of sp³-hybridized carbons (Fsp3) is 0.897. The third kappa shape index (κ3) is 7.85. The summed E-state index contributed by atoms with van der Waals surface area (Å²) >= 11 is 0. The number of ether oxygens (including phenoxy) is 9. The van der Waals surface area contributed by atoms with Crippen LogP contribution in [0, 0.1) is 17.8 Å². The third-order valence-corrected chi connectivity index (χ3v) is 12.7. The molecule has 14 nitrogen and oxygen atoms in total. The number of rotatable bonds is 7. The summed E-state index contributed by atoms with van der Waals surface area (Å²) in [6.07, 6.45) is -7.30. The molecule has 5 rings (SSSR count). The quantitative estimate of drug-likeness (QED) is 0.282. The first kappa shape index (κ1) is 42.1. The first-order chi connectivity index (χ1) is 24.5. The van der Waals surface area contributed by atoms with Crippen LogP contribution in [0.4, 0.5) is 4.79 Å². The van der Waals surface area contributed by atoms with E-state index in [-0.39, 0.29) is 18.6 Å². The maximum absolute atomic E-state index is 14.4. The lowest BCUT2D eigenvalue weighted by Gasteiger charge is -2.49. The molecule has 5 heterocycles. The van der Waals surface area contributed by atoms with E-state index in [9.17, 15) is 19.8 Å². The van der Waals surface area contributed by atoms with Gasteiger partial charge in [-0.2, -0.15) is 0 Å². The fourth-order valence-corrected chi connectivity index (χ4v) is 9.60. The van der Waals surface area contributed by atoms with Crippen LogP contribution in [-0.2, 0) is 47.4 Å². The molecule has 53 heavy (non-hydrogen) atoms. The minimum atomic E-state index is -1.32. The predicted molar refractivity (Wildman–Crippen MR) is 191 cm³/mol. The van der Waals surface area contributed by atoms with Crippen molar-refractivity contribution in [3.05, 3.63) is 11.3 Å². The molecule has 0 aromatic rings. The molecule has 2 bridgehead atoms. The number of likely N-dealkylation sites (N-methyl/N-ethyl adjacent to an activating group) is 1. The van der Waals surface area contributed by atoms with Crippen LogP contribution >= 0.6 is 0 Å². The Balaban J connectivity index is 1.62. The molecule has 0 aromatic heterocycles. The van der Waals surface area contributed by atoms with Crippen LogP contribution in [0.15, 0.2) is 11.3 Å². The van der Waals surface area contributed by atoms with E-state index in [2.05, 4.69) is 0 Å². The number of fused-ring (bicyclic) bond motifs is 3. The second-order valence-corrected chi connectivity index (χ2v) is 17.9. The normalized spacial score (nSPS) is 48.4. The van der Waals surface area contributed by atoms with Gasteiger partial charge in [0.25, 0.3) is 0 Å². The van der Waals surface area contributed by atoms with Crippen molar-refractivity contribution < 1.29 is 66.9 Å². The molecule has 4 saturated heterocycles. The Bertz CT molecular complexity index is 1390. The van der Waals surface area contributed by atoms with E-state index < -0.39 is 102 Å². The van der Waals surface area contributed by atoms with Gasteiger partial charge in [-0.25, -0.2) is 4.79 Å². The number of carbonyl (C=O) groups excluding carboxylic acids is 2. The second kappa shape index (κ2) is 15.1. The lowest BCUT2D eigenvalue weighted by molar-refractivity contribution is -0.903. The highest BCUT2D eigenvalue weighted by Crippen LogP contribution is 2.49. The Hall–Kier alpha value is -2.04. The Morgan fingerprint density at radius 2 is 1.58 bits per heavy atom. The molecule has 0 aliphatic carbocycles. The van der Waals surface area contributed by atoms with Gasteiger partial charge in [0.15, 0.2) is 30.4 Å². The number of carbonyl (C=O) groups is 2. The number of esters is 1. The molecule has 0 saturated carbocycles. The minimum Gasteiger partial charge on any atom is -0.488 e. The van der Waals surface area contributed by atoms with Gasteiger partial charge in [0.05, 0.1) is 56.9 Å². The SMILES string of the molecule is CCC1OC(=O)C(C)C(OC2CC(C)(OC)C(O)C(C)O2)C(C)C(OC2OC(C)CC([N+](C)(C)C)C2O)C2(C)CC(C)=C(O2)C(C)C2OC(=O)OC12C. The average molecular weight is 757 g/mol. The van der Waals surface area contributed by atoms with Crippen LogP contribution < -0.4 is 0 Å².